The summed E-state index contributed by atoms with van der Waals surface area (Å²) >= 11 is 0. The van der Waals surface area contributed by atoms with E-state index in [-0.39, 0.29) is 6.04 Å². The van der Waals surface area contributed by atoms with Gasteiger partial charge >= 0.3 is 6.18 Å². The lowest BCUT2D eigenvalue weighted by molar-refractivity contribution is -0.139. The second-order valence-electron chi connectivity index (χ2n) is 3.79. The standard InChI is InChI=1S/C9H19F3N2/c1-7(13)4-3-5-14-8(2)6-9(10,11)12/h7-8,14H,3-6,13H2,1-2H3. The van der Waals surface area contributed by atoms with Gasteiger partial charge in [-0.1, -0.05) is 0 Å². The zero-order valence-electron chi connectivity index (χ0n) is 8.69. The Morgan fingerprint density at radius 1 is 1.29 bits per heavy atom. The Labute approximate surface area is 83.0 Å². The van der Waals surface area contributed by atoms with Crippen molar-refractivity contribution < 1.29 is 13.2 Å². The minimum atomic E-state index is -4.08. The highest BCUT2D eigenvalue weighted by Crippen LogP contribution is 2.21. The van der Waals surface area contributed by atoms with Crippen LogP contribution in [0.4, 0.5) is 13.2 Å². The summed E-state index contributed by atoms with van der Waals surface area (Å²) in [7, 11) is 0. The highest BCUT2D eigenvalue weighted by Gasteiger charge is 2.29. The first-order chi connectivity index (χ1) is 6.31. The van der Waals surface area contributed by atoms with E-state index in [4.69, 9.17) is 5.73 Å². The van der Waals surface area contributed by atoms with E-state index in [2.05, 4.69) is 5.32 Å². The molecule has 3 N–H and O–H groups in total. The molecule has 0 bridgehead atoms. The lowest BCUT2D eigenvalue weighted by Crippen LogP contribution is -2.32. The minimum Gasteiger partial charge on any atom is -0.328 e. The first-order valence-electron chi connectivity index (χ1n) is 4.87. The number of nitrogens with two attached hydrogens (primary N) is 1. The monoisotopic (exact) mass is 212 g/mol. The second kappa shape index (κ2) is 6.24. The van der Waals surface area contributed by atoms with Crippen molar-refractivity contribution in [2.75, 3.05) is 6.54 Å². The summed E-state index contributed by atoms with van der Waals surface area (Å²) in [5.74, 6) is 0. The maximum absolute atomic E-state index is 11.9. The first kappa shape index (κ1) is 13.7. The van der Waals surface area contributed by atoms with Crippen molar-refractivity contribution in [1.29, 1.82) is 0 Å². The van der Waals surface area contributed by atoms with Crippen molar-refractivity contribution in [2.45, 2.75) is 51.4 Å². The van der Waals surface area contributed by atoms with Crippen LogP contribution in [0.3, 0.4) is 0 Å². The van der Waals surface area contributed by atoms with Crippen LogP contribution in [-0.4, -0.2) is 24.8 Å². The van der Waals surface area contributed by atoms with Gasteiger partial charge in [0, 0.05) is 12.1 Å². The Morgan fingerprint density at radius 3 is 2.29 bits per heavy atom. The van der Waals surface area contributed by atoms with Crippen LogP contribution in [0.5, 0.6) is 0 Å². The van der Waals surface area contributed by atoms with Crippen molar-refractivity contribution in [3.8, 4) is 0 Å². The van der Waals surface area contributed by atoms with Crippen LogP contribution in [0.25, 0.3) is 0 Å². The van der Waals surface area contributed by atoms with Crippen LogP contribution < -0.4 is 11.1 Å². The first-order valence-corrected chi connectivity index (χ1v) is 4.87. The van der Waals surface area contributed by atoms with E-state index in [0.29, 0.717) is 6.54 Å². The molecule has 0 fully saturated rings. The molecule has 0 aliphatic heterocycles. The summed E-state index contributed by atoms with van der Waals surface area (Å²) in [4.78, 5) is 0. The van der Waals surface area contributed by atoms with Crippen molar-refractivity contribution in [2.24, 2.45) is 5.73 Å². The lowest BCUT2D eigenvalue weighted by atomic mass is 10.2. The molecule has 14 heavy (non-hydrogen) atoms. The van der Waals surface area contributed by atoms with Gasteiger partial charge in [0.2, 0.25) is 0 Å². The summed E-state index contributed by atoms with van der Waals surface area (Å²) in [6.45, 7) is 4.03. The molecule has 2 atom stereocenters. The van der Waals surface area contributed by atoms with Gasteiger partial charge in [-0.25, -0.2) is 0 Å². The maximum Gasteiger partial charge on any atom is 0.390 e. The number of alkyl halides is 3. The van der Waals surface area contributed by atoms with Crippen LogP contribution in [0.2, 0.25) is 0 Å². The van der Waals surface area contributed by atoms with E-state index in [1.807, 2.05) is 6.92 Å². The summed E-state index contributed by atoms with van der Waals surface area (Å²) < 4.78 is 35.7. The Balaban J connectivity index is 3.40. The second-order valence-corrected chi connectivity index (χ2v) is 3.79. The molecule has 0 aliphatic rings. The van der Waals surface area contributed by atoms with Gasteiger partial charge in [0.05, 0.1) is 6.42 Å². The Morgan fingerprint density at radius 2 is 1.86 bits per heavy atom. The molecule has 0 saturated carbocycles. The molecule has 0 amide bonds. The van der Waals surface area contributed by atoms with Gasteiger partial charge in [0.15, 0.2) is 0 Å². The van der Waals surface area contributed by atoms with Gasteiger partial charge < -0.3 is 11.1 Å². The molecule has 0 saturated heterocycles. The summed E-state index contributed by atoms with van der Waals surface area (Å²) in [5, 5.41) is 2.82. The topological polar surface area (TPSA) is 38.0 Å². The van der Waals surface area contributed by atoms with Gasteiger partial charge in [-0.05, 0) is 33.2 Å². The molecule has 0 rings (SSSR count). The Kier molecular flexibility index (Phi) is 6.11. The molecule has 0 radical (unpaired) electrons. The zero-order chi connectivity index (χ0) is 11.2. The maximum atomic E-state index is 11.9. The van der Waals surface area contributed by atoms with Crippen molar-refractivity contribution in [3.05, 3.63) is 0 Å². The van der Waals surface area contributed by atoms with Gasteiger partial charge in [-0.3, -0.25) is 0 Å². The number of halogens is 3. The van der Waals surface area contributed by atoms with E-state index in [9.17, 15) is 13.2 Å². The van der Waals surface area contributed by atoms with E-state index in [1.54, 1.807) is 6.92 Å². The van der Waals surface area contributed by atoms with Crippen molar-refractivity contribution in [1.82, 2.24) is 5.32 Å². The number of rotatable bonds is 6. The fourth-order valence-corrected chi connectivity index (χ4v) is 1.19. The zero-order valence-corrected chi connectivity index (χ0v) is 8.69. The average molecular weight is 212 g/mol. The molecule has 0 aromatic carbocycles. The molecular formula is C9H19F3N2. The number of nitrogens with one attached hydrogen (secondary N) is 1. The van der Waals surface area contributed by atoms with Crippen molar-refractivity contribution in [3.63, 3.8) is 0 Å². The van der Waals surface area contributed by atoms with Gasteiger partial charge in [0.1, 0.15) is 0 Å². The highest BCUT2D eigenvalue weighted by molar-refractivity contribution is 4.66. The van der Waals surface area contributed by atoms with Crippen LogP contribution in [0, 0.1) is 0 Å². The Hall–Kier alpha value is -0.290. The fourth-order valence-electron chi connectivity index (χ4n) is 1.19. The third kappa shape index (κ3) is 9.80. The summed E-state index contributed by atoms with van der Waals surface area (Å²) in [6.07, 6.45) is -3.19. The van der Waals surface area contributed by atoms with Gasteiger partial charge in [0.25, 0.3) is 0 Å². The quantitative estimate of drug-likeness (QED) is 0.661. The van der Waals surface area contributed by atoms with Gasteiger partial charge in [-0.2, -0.15) is 13.2 Å². The van der Waals surface area contributed by atoms with Gasteiger partial charge in [-0.15, -0.1) is 0 Å². The van der Waals surface area contributed by atoms with Crippen LogP contribution in [0.1, 0.15) is 33.1 Å². The van der Waals surface area contributed by atoms with Crippen LogP contribution in [-0.2, 0) is 0 Å². The SMILES string of the molecule is CC(N)CCCNC(C)CC(F)(F)F. The predicted molar refractivity (Wildman–Crippen MR) is 51.0 cm³/mol. The largest absolute Gasteiger partial charge is 0.390 e. The molecule has 2 unspecified atom stereocenters. The predicted octanol–water partition coefficient (Wildman–Crippen LogP) is 2.04. The molecule has 2 nitrogen and oxygen atoms in total. The average Bonchev–Trinajstić information content (AvgIpc) is 1.94. The number of hydrogen-bond acceptors (Lipinski definition) is 2. The number of hydrogen-bond donors (Lipinski definition) is 2. The smallest absolute Gasteiger partial charge is 0.328 e. The molecule has 0 heterocycles. The molecule has 0 spiro atoms. The third-order valence-electron chi connectivity index (χ3n) is 1.87. The Bertz CT molecular complexity index is 145. The lowest BCUT2D eigenvalue weighted by Gasteiger charge is -2.15. The fraction of sp³-hybridized carbons (Fsp3) is 1.00. The molecule has 0 aromatic heterocycles. The molecule has 5 heteroatoms. The van der Waals surface area contributed by atoms with Crippen LogP contribution in [0.15, 0.2) is 0 Å². The van der Waals surface area contributed by atoms with Crippen LogP contribution >= 0.6 is 0 Å². The molecular weight excluding hydrogens is 193 g/mol. The van der Waals surface area contributed by atoms with Crippen molar-refractivity contribution >= 4 is 0 Å². The minimum absolute atomic E-state index is 0.120. The van der Waals surface area contributed by atoms with E-state index >= 15 is 0 Å². The highest BCUT2D eigenvalue weighted by atomic mass is 19.4. The van der Waals surface area contributed by atoms with E-state index in [0.717, 1.165) is 12.8 Å². The van der Waals surface area contributed by atoms with E-state index in [1.165, 1.54) is 0 Å². The normalized spacial score (nSPS) is 16.7. The van der Waals surface area contributed by atoms with E-state index < -0.39 is 18.6 Å². The third-order valence-corrected chi connectivity index (χ3v) is 1.87. The summed E-state index contributed by atoms with van der Waals surface area (Å²) in [6, 6.07) is -0.391. The summed E-state index contributed by atoms with van der Waals surface area (Å²) in [5.41, 5.74) is 5.50. The molecule has 0 aromatic rings. The molecule has 86 valence electrons. The molecule has 0 aliphatic carbocycles.